The molecule has 0 spiro atoms. The minimum Gasteiger partial charge on any atom is -0.366 e. The molecular weight excluding hydrogens is 240 g/mol. The first kappa shape index (κ1) is 11.5. The van der Waals surface area contributed by atoms with Crippen LogP contribution >= 0.6 is 0 Å². The molecule has 1 aromatic carbocycles. The summed E-state index contributed by atoms with van der Waals surface area (Å²) in [5.41, 5.74) is 10.5. The van der Waals surface area contributed by atoms with Crippen molar-refractivity contribution in [1.29, 1.82) is 0 Å². The average Bonchev–Trinajstić information content (AvgIpc) is 2.93. The van der Waals surface area contributed by atoms with Crippen molar-refractivity contribution in [3.8, 4) is 11.3 Å². The average molecular weight is 254 g/mol. The Labute approximate surface area is 110 Å². The highest BCUT2D eigenvalue weighted by atomic mass is 16.1. The highest BCUT2D eigenvalue weighted by Gasteiger charge is 2.11. The van der Waals surface area contributed by atoms with E-state index in [1.165, 1.54) is 0 Å². The summed E-state index contributed by atoms with van der Waals surface area (Å²) in [5, 5.41) is 0. The van der Waals surface area contributed by atoms with Gasteiger partial charge in [-0.2, -0.15) is 0 Å². The number of hydrogen-bond acceptors (Lipinski definition) is 2. The van der Waals surface area contributed by atoms with E-state index in [1.807, 2.05) is 36.7 Å². The normalized spacial score (nSPS) is 11.1. The maximum atomic E-state index is 11.3. The highest BCUT2D eigenvalue weighted by molar-refractivity contribution is 5.95. The van der Waals surface area contributed by atoms with Gasteiger partial charge in [0.25, 0.3) is 5.91 Å². The standard InChI is InChI=1S/C14H14N4O/c1-8-10(14(15)19)6-11(17-8)9-3-4-13-12(5-9)16-7-18(13)2/h3-7,17H,1-2H3,(H2,15,19). The summed E-state index contributed by atoms with van der Waals surface area (Å²) in [5.74, 6) is -0.418. The Morgan fingerprint density at radius 2 is 2.16 bits per heavy atom. The second-order valence-electron chi connectivity index (χ2n) is 4.64. The number of carbonyl (C=O) groups is 1. The molecule has 0 radical (unpaired) electrons. The summed E-state index contributed by atoms with van der Waals surface area (Å²) < 4.78 is 1.97. The number of primary amides is 1. The molecule has 0 unspecified atom stereocenters. The van der Waals surface area contributed by atoms with E-state index in [4.69, 9.17) is 5.73 Å². The second kappa shape index (κ2) is 3.98. The predicted molar refractivity (Wildman–Crippen MR) is 73.8 cm³/mol. The predicted octanol–water partition coefficient (Wildman–Crippen LogP) is 1.98. The lowest BCUT2D eigenvalue weighted by Crippen LogP contribution is -2.10. The molecule has 0 aliphatic heterocycles. The van der Waals surface area contributed by atoms with Gasteiger partial charge in [0.05, 0.1) is 22.9 Å². The van der Waals surface area contributed by atoms with E-state index in [-0.39, 0.29) is 0 Å². The zero-order chi connectivity index (χ0) is 13.6. The zero-order valence-corrected chi connectivity index (χ0v) is 10.8. The third-order valence-electron chi connectivity index (χ3n) is 3.32. The number of benzene rings is 1. The quantitative estimate of drug-likeness (QED) is 0.733. The van der Waals surface area contributed by atoms with E-state index in [0.29, 0.717) is 5.56 Å². The molecule has 0 saturated heterocycles. The molecule has 3 rings (SSSR count). The molecule has 0 atom stereocenters. The number of fused-ring (bicyclic) bond motifs is 1. The fraction of sp³-hybridized carbons (Fsp3) is 0.143. The molecule has 3 N–H and O–H groups in total. The van der Waals surface area contributed by atoms with E-state index in [2.05, 4.69) is 9.97 Å². The Hall–Kier alpha value is -2.56. The van der Waals surface area contributed by atoms with Crippen LogP contribution in [0.2, 0.25) is 0 Å². The van der Waals surface area contributed by atoms with Crippen LogP contribution in [-0.4, -0.2) is 20.4 Å². The molecule has 5 nitrogen and oxygen atoms in total. The van der Waals surface area contributed by atoms with Gasteiger partial charge in [0.15, 0.2) is 0 Å². The maximum Gasteiger partial charge on any atom is 0.250 e. The molecule has 2 aromatic heterocycles. The van der Waals surface area contributed by atoms with Gasteiger partial charge < -0.3 is 15.3 Å². The molecule has 0 bridgehead atoms. The van der Waals surface area contributed by atoms with Crippen LogP contribution in [0.5, 0.6) is 0 Å². The van der Waals surface area contributed by atoms with Crippen molar-refractivity contribution in [1.82, 2.24) is 14.5 Å². The van der Waals surface area contributed by atoms with Gasteiger partial charge in [0, 0.05) is 24.0 Å². The van der Waals surface area contributed by atoms with E-state index in [0.717, 1.165) is 28.0 Å². The fourth-order valence-corrected chi connectivity index (χ4v) is 2.27. The van der Waals surface area contributed by atoms with Gasteiger partial charge in [0.2, 0.25) is 0 Å². The number of H-pyrrole nitrogens is 1. The van der Waals surface area contributed by atoms with Gasteiger partial charge in [-0.25, -0.2) is 4.98 Å². The van der Waals surface area contributed by atoms with Crippen LogP contribution in [-0.2, 0) is 7.05 Å². The smallest absolute Gasteiger partial charge is 0.250 e. The van der Waals surface area contributed by atoms with Crippen LogP contribution in [0.25, 0.3) is 22.3 Å². The lowest BCUT2D eigenvalue weighted by Gasteiger charge is -1.99. The van der Waals surface area contributed by atoms with E-state index >= 15 is 0 Å². The molecule has 5 heteroatoms. The number of imidazole rings is 1. The molecule has 0 saturated carbocycles. The highest BCUT2D eigenvalue weighted by Crippen LogP contribution is 2.24. The molecule has 96 valence electrons. The van der Waals surface area contributed by atoms with E-state index < -0.39 is 5.91 Å². The molecule has 0 fully saturated rings. The summed E-state index contributed by atoms with van der Waals surface area (Å²) in [6.07, 6.45) is 1.78. The molecule has 0 aliphatic rings. The maximum absolute atomic E-state index is 11.3. The van der Waals surface area contributed by atoms with Crippen molar-refractivity contribution in [2.45, 2.75) is 6.92 Å². The first-order chi connectivity index (χ1) is 9.06. The zero-order valence-electron chi connectivity index (χ0n) is 10.8. The number of nitrogens with one attached hydrogen (secondary N) is 1. The lowest BCUT2D eigenvalue weighted by molar-refractivity contribution is 0.1000. The largest absolute Gasteiger partial charge is 0.366 e. The Bertz CT molecular complexity index is 782. The molecule has 1 amide bonds. The van der Waals surface area contributed by atoms with Crippen molar-refractivity contribution in [2.24, 2.45) is 12.8 Å². The minimum absolute atomic E-state index is 0.418. The number of aromatic amines is 1. The van der Waals surface area contributed by atoms with Crippen LogP contribution in [0, 0.1) is 6.92 Å². The van der Waals surface area contributed by atoms with Gasteiger partial charge in [-0.1, -0.05) is 6.07 Å². The number of amides is 1. The van der Waals surface area contributed by atoms with Crippen molar-refractivity contribution < 1.29 is 4.79 Å². The first-order valence-corrected chi connectivity index (χ1v) is 5.97. The van der Waals surface area contributed by atoms with Crippen LogP contribution in [0.4, 0.5) is 0 Å². The number of rotatable bonds is 2. The van der Waals surface area contributed by atoms with Crippen LogP contribution in [0.15, 0.2) is 30.6 Å². The van der Waals surface area contributed by atoms with Gasteiger partial charge >= 0.3 is 0 Å². The Morgan fingerprint density at radius 1 is 1.37 bits per heavy atom. The molecule has 19 heavy (non-hydrogen) atoms. The number of hydrogen-bond donors (Lipinski definition) is 2. The topological polar surface area (TPSA) is 76.7 Å². The van der Waals surface area contributed by atoms with Crippen molar-refractivity contribution in [2.75, 3.05) is 0 Å². The molecular formula is C14H14N4O. The SMILES string of the molecule is Cc1[nH]c(-c2ccc3c(c2)ncn3C)cc1C(N)=O. The Kier molecular flexibility index (Phi) is 2.41. The summed E-state index contributed by atoms with van der Waals surface area (Å²) in [4.78, 5) is 18.8. The Morgan fingerprint density at radius 3 is 2.84 bits per heavy atom. The Balaban J connectivity index is 2.13. The number of nitrogens with zero attached hydrogens (tertiary/aromatic N) is 2. The number of aryl methyl sites for hydroxylation is 2. The second-order valence-corrected chi connectivity index (χ2v) is 4.64. The van der Waals surface area contributed by atoms with Crippen molar-refractivity contribution >= 4 is 16.9 Å². The first-order valence-electron chi connectivity index (χ1n) is 5.97. The van der Waals surface area contributed by atoms with Crippen molar-refractivity contribution in [3.63, 3.8) is 0 Å². The van der Waals surface area contributed by atoms with Gasteiger partial charge in [-0.15, -0.1) is 0 Å². The summed E-state index contributed by atoms with van der Waals surface area (Å²) in [6.45, 7) is 1.84. The summed E-state index contributed by atoms with van der Waals surface area (Å²) in [6, 6.07) is 7.78. The van der Waals surface area contributed by atoms with Crippen molar-refractivity contribution in [3.05, 3.63) is 41.9 Å². The van der Waals surface area contributed by atoms with Crippen LogP contribution in [0.1, 0.15) is 16.1 Å². The summed E-state index contributed by atoms with van der Waals surface area (Å²) >= 11 is 0. The molecule has 0 aliphatic carbocycles. The van der Waals surface area contributed by atoms with Crippen LogP contribution in [0.3, 0.4) is 0 Å². The monoisotopic (exact) mass is 254 g/mol. The molecule has 3 aromatic rings. The summed E-state index contributed by atoms with van der Waals surface area (Å²) in [7, 11) is 1.96. The third kappa shape index (κ3) is 1.79. The van der Waals surface area contributed by atoms with Crippen LogP contribution < -0.4 is 5.73 Å². The number of carbonyl (C=O) groups excluding carboxylic acids is 1. The fourth-order valence-electron chi connectivity index (χ4n) is 2.27. The number of aromatic nitrogens is 3. The van der Waals surface area contributed by atoms with Gasteiger partial charge in [-0.05, 0) is 25.1 Å². The third-order valence-corrected chi connectivity index (χ3v) is 3.32. The van der Waals surface area contributed by atoms with E-state index in [1.54, 1.807) is 12.4 Å². The van der Waals surface area contributed by atoms with E-state index in [9.17, 15) is 4.79 Å². The van der Waals surface area contributed by atoms with Gasteiger partial charge in [0.1, 0.15) is 0 Å². The lowest BCUT2D eigenvalue weighted by atomic mass is 10.1. The minimum atomic E-state index is -0.418. The molecule has 2 heterocycles. The number of nitrogens with two attached hydrogens (primary N) is 1. The van der Waals surface area contributed by atoms with Gasteiger partial charge in [-0.3, -0.25) is 4.79 Å².